The molecule has 0 heterocycles. The Labute approximate surface area is 100 Å². The van der Waals surface area contributed by atoms with Gasteiger partial charge in [0.1, 0.15) is 18.1 Å². The molecule has 4 nitrogen and oxygen atoms in total. The molecule has 0 aliphatic carbocycles. The summed E-state index contributed by atoms with van der Waals surface area (Å²) in [5.74, 6) is -0.101. The van der Waals surface area contributed by atoms with E-state index in [4.69, 9.17) is 4.74 Å². The molecule has 0 spiro atoms. The smallest absolute Gasteiger partial charge is 0.338 e. The zero-order chi connectivity index (χ0) is 12.8. The minimum Gasteiger partial charge on any atom is -0.508 e. The molecule has 4 heteroatoms. The Balaban J connectivity index is 2.82. The van der Waals surface area contributed by atoms with Gasteiger partial charge in [-0.2, -0.15) is 0 Å². The number of esters is 1. The Morgan fingerprint density at radius 2 is 2.06 bits per heavy atom. The van der Waals surface area contributed by atoms with E-state index in [2.05, 4.69) is 4.74 Å². The molecule has 0 aliphatic rings. The third kappa shape index (κ3) is 4.18. The van der Waals surface area contributed by atoms with Crippen molar-refractivity contribution in [3.8, 4) is 11.5 Å². The van der Waals surface area contributed by atoms with E-state index in [-0.39, 0.29) is 11.3 Å². The summed E-state index contributed by atoms with van der Waals surface area (Å²) in [5, 5.41) is 9.44. The van der Waals surface area contributed by atoms with Crippen molar-refractivity contribution < 1.29 is 19.4 Å². The summed E-state index contributed by atoms with van der Waals surface area (Å²) < 4.78 is 9.96. The van der Waals surface area contributed by atoms with Crippen LogP contribution in [0.1, 0.15) is 24.2 Å². The molecule has 0 saturated carbocycles. The first kappa shape index (κ1) is 13.1. The van der Waals surface area contributed by atoms with Crippen molar-refractivity contribution in [2.75, 3.05) is 13.7 Å². The number of allylic oxidation sites excluding steroid dienone is 1. The lowest BCUT2D eigenvalue weighted by atomic mass is 10.2. The number of carbonyl (C=O) groups is 1. The van der Waals surface area contributed by atoms with Crippen LogP contribution in [-0.4, -0.2) is 24.8 Å². The van der Waals surface area contributed by atoms with Crippen LogP contribution in [0.4, 0.5) is 0 Å². The number of ether oxygens (including phenoxy) is 2. The van der Waals surface area contributed by atoms with Gasteiger partial charge in [-0.05, 0) is 32.1 Å². The number of aromatic hydroxyl groups is 1. The normalized spacial score (nSPS) is 9.59. The van der Waals surface area contributed by atoms with Gasteiger partial charge in [0.05, 0.1) is 12.7 Å². The van der Waals surface area contributed by atoms with Crippen molar-refractivity contribution in [3.05, 3.63) is 35.4 Å². The van der Waals surface area contributed by atoms with Crippen molar-refractivity contribution in [3.63, 3.8) is 0 Å². The third-order valence-corrected chi connectivity index (χ3v) is 2.05. The van der Waals surface area contributed by atoms with E-state index in [0.29, 0.717) is 12.4 Å². The summed E-state index contributed by atoms with van der Waals surface area (Å²) in [6.45, 7) is 4.32. The van der Waals surface area contributed by atoms with Crippen LogP contribution in [0.3, 0.4) is 0 Å². The molecule has 1 N–H and O–H groups in total. The van der Waals surface area contributed by atoms with Crippen LogP contribution >= 0.6 is 0 Å². The number of phenols is 1. The van der Waals surface area contributed by atoms with Crippen LogP contribution in [0, 0.1) is 0 Å². The molecule has 0 aliphatic heterocycles. The van der Waals surface area contributed by atoms with Gasteiger partial charge in [-0.3, -0.25) is 0 Å². The molecule has 1 rings (SSSR count). The van der Waals surface area contributed by atoms with E-state index in [1.165, 1.54) is 25.3 Å². The highest BCUT2D eigenvalue weighted by atomic mass is 16.5. The Morgan fingerprint density at radius 1 is 1.35 bits per heavy atom. The van der Waals surface area contributed by atoms with Crippen LogP contribution in [-0.2, 0) is 4.74 Å². The quantitative estimate of drug-likeness (QED) is 0.644. The number of carbonyl (C=O) groups excluding carboxylic acids is 1. The van der Waals surface area contributed by atoms with E-state index in [9.17, 15) is 9.90 Å². The molecule has 0 atom stereocenters. The molecule has 0 aromatic heterocycles. The molecule has 0 amide bonds. The molecule has 0 radical (unpaired) electrons. The van der Waals surface area contributed by atoms with Gasteiger partial charge >= 0.3 is 5.97 Å². The van der Waals surface area contributed by atoms with Gasteiger partial charge in [-0.25, -0.2) is 4.79 Å². The SMILES string of the molecule is COC(=O)c1cc(O)cc(OCC=C(C)C)c1. The standard InChI is InChI=1S/C13H16O4/c1-9(2)4-5-17-12-7-10(13(15)16-3)6-11(14)8-12/h4,6-8,14H,5H2,1-3H3. The second kappa shape index (κ2) is 5.94. The number of benzene rings is 1. The maximum atomic E-state index is 11.3. The molecule has 92 valence electrons. The Hall–Kier alpha value is -1.97. The number of hydrogen-bond donors (Lipinski definition) is 1. The maximum Gasteiger partial charge on any atom is 0.338 e. The number of methoxy groups -OCH3 is 1. The highest BCUT2D eigenvalue weighted by molar-refractivity contribution is 5.90. The van der Waals surface area contributed by atoms with E-state index < -0.39 is 5.97 Å². The zero-order valence-corrected chi connectivity index (χ0v) is 10.2. The molecule has 0 fully saturated rings. The Bertz CT molecular complexity index is 431. The van der Waals surface area contributed by atoms with Crippen molar-refractivity contribution in [1.29, 1.82) is 0 Å². The predicted octanol–water partition coefficient (Wildman–Crippen LogP) is 2.52. The number of phenolic OH excluding ortho intramolecular Hbond substituents is 1. The van der Waals surface area contributed by atoms with E-state index in [0.717, 1.165) is 5.57 Å². The molecular formula is C13H16O4. The molecule has 17 heavy (non-hydrogen) atoms. The summed E-state index contributed by atoms with van der Waals surface area (Å²) >= 11 is 0. The summed E-state index contributed by atoms with van der Waals surface area (Å²) in [6.07, 6.45) is 1.90. The lowest BCUT2D eigenvalue weighted by Crippen LogP contribution is -2.02. The monoisotopic (exact) mass is 236 g/mol. The highest BCUT2D eigenvalue weighted by Crippen LogP contribution is 2.22. The summed E-state index contributed by atoms with van der Waals surface area (Å²) in [6, 6.07) is 4.31. The predicted molar refractivity (Wildman–Crippen MR) is 64.4 cm³/mol. The molecule has 0 unspecified atom stereocenters. The van der Waals surface area contributed by atoms with Crippen LogP contribution in [0.2, 0.25) is 0 Å². The fourth-order valence-corrected chi connectivity index (χ4v) is 1.21. The van der Waals surface area contributed by atoms with E-state index >= 15 is 0 Å². The third-order valence-electron chi connectivity index (χ3n) is 2.05. The van der Waals surface area contributed by atoms with Gasteiger partial charge in [0.2, 0.25) is 0 Å². The highest BCUT2D eigenvalue weighted by Gasteiger charge is 2.08. The second-order valence-corrected chi connectivity index (χ2v) is 3.80. The number of rotatable bonds is 4. The fourth-order valence-electron chi connectivity index (χ4n) is 1.21. The number of hydrogen-bond acceptors (Lipinski definition) is 4. The van der Waals surface area contributed by atoms with Gasteiger partial charge in [0, 0.05) is 6.07 Å². The maximum absolute atomic E-state index is 11.3. The summed E-state index contributed by atoms with van der Waals surface area (Å²) in [7, 11) is 1.29. The lowest BCUT2D eigenvalue weighted by molar-refractivity contribution is 0.0600. The van der Waals surface area contributed by atoms with Gasteiger partial charge in [-0.15, -0.1) is 0 Å². The molecule has 0 bridgehead atoms. The molecule has 1 aromatic carbocycles. The van der Waals surface area contributed by atoms with Gasteiger partial charge < -0.3 is 14.6 Å². The van der Waals surface area contributed by atoms with Gasteiger partial charge in [0.15, 0.2) is 0 Å². The second-order valence-electron chi connectivity index (χ2n) is 3.80. The first-order valence-electron chi connectivity index (χ1n) is 5.21. The van der Waals surface area contributed by atoms with E-state index in [1.54, 1.807) is 0 Å². The van der Waals surface area contributed by atoms with Gasteiger partial charge in [-0.1, -0.05) is 5.57 Å². The molecule has 0 saturated heterocycles. The average Bonchev–Trinajstić information content (AvgIpc) is 2.26. The molecule has 1 aromatic rings. The first-order chi connectivity index (χ1) is 8.02. The first-order valence-corrected chi connectivity index (χ1v) is 5.21. The minimum absolute atomic E-state index is 0.0277. The average molecular weight is 236 g/mol. The largest absolute Gasteiger partial charge is 0.508 e. The topological polar surface area (TPSA) is 55.8 Å². The van der Waals surface area contributed by atoms with Crippen LogP contribution in [0.5, 0.6) is 11.5 Å². The fraction of sp³-hybridized carbons (Fsp3) is 0.308. The van der Waals surface area contributed by atoms with Crippen LogP contribution in [0.15, 0.2) is 29.8 Å². The summed E-state index contributed by atoms with van der Waals surface area (Å²) in [4.78, 5) is 11.3. The van der Waals surface area contributed by atoms with E-state index in [1.807, 2.05) is 19.9 Å². The van der Waals surface area contributed by atoms with Crippen molar-refractivity contribution in [2.45, 2.75) is 13.8 Å². The van der Waals surface area contributed by atoms with Crippen LogP contribution < -0.4 is 4.74 Å². The van der Waals surface area contributed by atoms with Crippen molar-refractivity contribution >= 4 is 5.97 Å². The minimum atomic E-state index is -0.507. The zero-order valence-electron chi connectivity index (χ0n) is 10.2. The summed E-state index contributed by atoms with van der Waals surface area (Å²) in [5.41, 5.74) is 1.40. The van der Waals surface area contributed by atoms with Crippen LogP contribution in [0.25, 0.3) is 0 Å². The van der Waals surface area contributed by atoms with Gasteiger partial charge in [0.25, 0.3) is 0 Å². The van der Waals surface area contributed by atoms with Crippen molar-refractivity contribution in [2.24, 2.45) is 0 Å². The van der Waals surface area contributed by atoms with Crippen molar-refractivity contribution in [1.82, 2.24) is 0 Å². The lowest BCUT2D eigenvalue weighted by Gasteiger charge is -2.06. The Kier molecular flexibility index (Phi) is 4.57. The molecular weight excluding hydrogens is 220 g/mol. The Morgan fingerprint density at radius 3 is 2.65 bits per heavy atom.